The molecule has 1 aliphatic rings. The van der Waals surface area contributed by atoms with E-state index in [1.54, 1.807) is 19.1 Å². The van der Waals surface area contributed by atoms with Crippen LogP contribution in [0.2, 0.25) is 5.02 Å². The van der Waals surface area contributed by atoms with Gasteiger partial charge in [0.25, 0.3) is 5.91 Å². The Balaban J connectivity index is 2.00. The first-order valence-electron chi connectivity index (χ1n) is 7.50. The maximum Gasteiger partial charge on any atom is 0.264 e. The molecule has 0 aromatic heterocycles. The summed E-state index contributed by atoms with van der Waals surface area (Å²) in [6.07, 6.45) is -0.429. The van der Waals surface area contributed by atoms with Gasteiger partial charge in [-0.05, 0) is 49.4 Å². The van der Waals surface area contributed by atoms with Crippen molar-refractivity contribution in [1.29, 1.82) is 0 Å². The fourth-order valence-corrected chi connectivity index (χ4v) is 3.15. The van der Waals surface area contributed by atoms with Gasteiger partial charge in [-0.25, -0.2) is 4.39 Å². The van der Waals surface area contributed by atoms with Crippen LogP contribution in [0.3, 0.4) is 0 Å². The number of carbonyl (C=O) groups is 2. The fraction of sp³-hybridized carbons (Fsp3) is 0.222. The molecular weight excluding hydrogens is 333 g/mol. The first-order valence-corrected chi connectivity index (χ1v) is 7.87. The molecule has 1 atom stereocenters. The molecule has 0 saturated heterocycles. The molecule has 0 unspecified atom stereocenters. The normalized spacial score (nSPS) is 19.5. The first kappa shape index (κ1) is 16.6. The van der Waals surface area contributed by atoms with Crippen molar-refractivity contribution in [2.24, 2.45) is 0 Å². The van der Waals surface area contributed by atoms with Crippen molar-refractivity contribution in [3.63, 3.8) is 0 Å². The highest BCUT2D eigenvalue weighted by Crippen LogP contribution is 2.43. The van der Waals surface area contributed by atoms with Crippen molar-refractivity contribution in [3.05, 3.63) is 64.4 Å². The van der Waals surface area contributed by atoms with E-state index in [1.165, 1.54) is 23.1 Å². The second kappa shape index (κ2) is 6.00. The molecule has 0 spiro atoms. The molecule has 24 heavy (non-hydrogen) atoms. The number of ketones is 1. The Morgan fingerprint density at radius 2 is 1.92 bits per heavy atom. The third kappa shape index (κ3) is 2.60. The number of Topliss-reactive ketones (excluding diaryl/α,β-unsaturated/α-hetero) is 1. The van der Waals surface area contributed by atoms with Crippen LogP contribution in [-0.2, 0) is 10.4 Å². The van der Waals surface area contributed by atoms with Gasteiger partial charge in [-0.15, -0.1) is 0 Å². The number of carbonyl (C=O) groups excluding carboxylic acids is 2. The number of hydrogen-bond donors (Lipinski definition) is 1. The number of benzene rings is 2. The van der Waals surface area contributed by atoms with Crippen LogP contribution in [-0.4, -0.2) is 23.3 Å². The van der Waals surface area contributed by atoms with Crippen molar-refractivity contribution >= 4 is 29.0 Å². The van der Waals surface area contributed by atoms with Gasteiger partial charge in [0, 0.05) is 22.7 Å². The predicted octanol–water partition coefficient (Wildman–Crippen LogP) is 3.31. The van der Waals surface area contributed by atoms with Gasteiger partial charge in [-0.2, -0.15) is 0 Å². The van der Waals surface area contributed by atoms with E-state index in [1.807, 2.05) is 0 Å². The molecule has 124 valence electrons. The van der Waals surface area contributed by atoms with Crippen LogP contribution in [0.4, 0.5) is 10.1 Å². The number of aliphatic hydroxyl groups is 1. The summed E-state index contributed by atoms with van der Waals surface area (Å²) in [5, 5.41) is 11.3. The Hall–Kier alpha value is -2.24. The van der Waals surface area contributed by atoms with Gasteiger partial charge in [0.2, 0.25) is 0 Å². The van der Waals surface area contributed by atoms with E-state index in [4.69, 9.17) is 11.6 Å². The highest BCUT2D eigenvalue weighted by atomic mass is 35.5. The summed E-state index contributed by atoms with van der Waals surface area (Å²) in [6, 6.07) is 9.77. The number of amides is 1. The molecule has 2 aromatic carbocycles. The van der Waals surface area contributed by atoms with Crippen LogP contribution in [0, 0.1) is 5.82 Å². The Bertz CT molecular complexity index is 822. The lowest BCUT2D eigenvalue weighted by molar-refractivity contribution is -0.135. The number of nitrogens with zero attached hydrogens (tertiary/aromatic N) is 1. The minimum Gasteiger partial charge on any atom is -0.375 e. The second-order valence-electron chi connectivity index (χ2n) is 5.68. The maximum atomic E-state index is 13.0. The highest BCUT2D eigenvalue weighted by Gasteiger charge is 2.50. The topological polar surface area (TPSA) is 57.6 Å². The summed E-state index contributed by atoms with van der Waals surface area (Å²) in [4.78, 5) is 26.6. The standard InChI is InChI=1S/C18H15ClFNO3/c1-2-21-15-8-5-12(19)9-14(15)18(24,17(21)23)10-16(22)11-3-6-13(20)7-4-11/h3-9,24H,2,10H2,1H3/t18-/m1/s1. The minimum absolute atomic E-state index is 0.233. The molecule has 0 bridgehead atoms. The summed E-state index contributed by atoms with van der Waals surface area (Å²) in [7, 11) is 0. The molecule has 1 amide bonds. The molecular formula is C18H15ClFNO3. The molecule has 2 aromatic rings. The maximum absolute atomic E-state index is 13.0. The number of hydrogen-bond acceptors (Lipinski definition) is 3. The number of likely N-dealkylation sites (N-methyl/N-ethyl adjacent to an activating group) is 1. The summed E-state index contributed by atoms with van der Waals surface area (Å²) >= 11 is 5.99. The van der Waals surface area contributed by atoms with Gasteiger partial charge in [0.15, 0.2) is 11.4 Å². The number of anilines is 1. The van der Waals surface area contributed by atoms with Crippen molar-refractivity contribution in [1.82, 2.24) is 0 Å². The van der Waals surface area contributed by atoms with Gasteiger partial charge in [0.05, 0.1) is 12.1 Å². The molecule has 0 aliphatic carbocycles. The van der Waals surface area contributed by atoms with Crippen molar-refractivity contribution < 1.29 is 19.1 Å². The van der Waals surface area contributed by atoms with E-state index in [0.29, 0.717) is 22.8 Å². The second-order valence-corrected chi connectivity index (χ2v) is 6.11. The molecule has 0 saturated carbocycles. The lowest BCUT2D eigenvalue weighted by Gasteiger charge is -2.22. The van der Waals surface area contributed by atoms with E-state index in [9.17, 15) is 19.1 Å². The lowest BCUT2D eigenvalue weighted by atomic mass is 9.88. The quantitative estimate of drug-likeness (QED) is 0.863. The van der Waals surface area contributed by atoms with Gasteiger partial charge in [0.1, 0.15) is 5.82 Å². The van der Waals surface area contributed by atoms with Crippen LogP contribution >= 0.6 is 11.6 Å². The lowest BCUT2D eigenvalue weighted by Crippen LogP contribution is -2.41. The Morgan fingerprint density at radius 1 is 1.25 bits per heavy atom. The van der Waals surface area contributed by atoms with Crippen molar-refractivity contribution in [2.45, 2.75) is 18.9 Å². The summed E-state index contributed by atoms with van der Waals surface area (Å²) in [5.74, 6) is -1.47. The van der Waals surface area contributed by atoms with Gasteiger partial charge < -0.3 is 10.0 Å². The van der Waals surface area contributed by atoms with Gasteiger partial charge >= 0.3 is 0 Å². The molecule has 0 fully saturated rings. The van der Waals surface area contributed by atoms with E-state index in [2.05, 4.69) is 0 Å². The van der Waals surface area contributed by atoms with Crippen molar-refractivity contribution in [2.75, 3.05) is 11.4 Å². The predicted molar refractivity (Wildman–Crippen MR) is 88.7 cm³/mol. The SMILES string of the molecule is CCN1C(=O)[C@@](O)(CC(=O)c2ccc(F)cc2)c2cc(Cl)ccc21. The molecule has 1 aliphatic heterocycles. The number of rotatable bonds is 4. The van der Waals surface area contributed by atoms with E-state index in [-0.39, 0.29) is 5.56 Å². The van der Waals surface area contributed by atoms with E-state index < -0.39 is 29.5 Å². The summed E-state index contributed by atoms with van der Waals surface area (Å²) in [5.41, 5.74) is -0.878. The zero-order valence-electron chi connectivity index (χ0n) is 12.9. The Kier molecular flexibility index (Phi) is 4.15. The zero-order valence-corrected chi connectivity index (χ0v) is 13.7. The van der Waals surface area contributed by atoms with Gasteiger partial charge in [-0.3, -0.25) is 9.59 Å². The summed E-state index contributed by atoms with van der Waals surface area (Å²) < 4.78 is 13.0. The molecule has 1 heterocycles. The highest BCUT2D eigenvalue weighted by molar-refractivity contribution is 6.31. The average molecular weight is 348 g/mol. The largest absolute Gasteiger partial charge is 0.375 e. The molecule has 1 N–H and O–H groups in total. The van der Waals surface area contributed by atoms with Crippen molar-refractivity contribution in [3.8, 4) is 0 Å². The molecule has 0 radical (unpaired) electrons. The van der Waals surface area contributed by atoms with Gasteiger partial charge in [-0.1, -0.05) is 11.6 Å². The third-order valence-electron chi connectivity index (χ3n) is 4.19. The Morgan fingerprint density at radius 3 is 2.54 bits per heavy atom. The monoisotopic (exact) mass is 347 g/mol. The molecule has 6 heteroatoms. The summed E-state index contributed by atoms with van der Waals surface area (Å²) in [6.45, 7) is 2.14. The molecule has 4 nitrogen and oxygen atoms in total. The Labute approximate surface area is 143 Å². The van der Waals surface area contributed by atoms with Crippen LogP contribution in [0.15, 0.2) is 42.5 Å². The van der Waals surface area contributed by atoms with Crippen LogP contribution < -0.4 is 4.90 Å². The average Bonchev–Trinajstić information content (AvgIpc) is 2.76. The van der Waals surface area contributed by atoms with Crippen LogP contribution in [0.25, 0.3) is 0 Å². The van der Waals surface area contributed by atoms with Crippen LogP contribution in [0.5, 0.6) is 0 Å². The number of halogens is 2. The zero-order chi connectivity index (χ0) is 17.5. The minimum atomic E-state index is -1.97. The third-order valence-corrected chi connectivity index (χ3v) is 4.43. The van der Waals surface area contributed by atoms with E-state index in [0.717, 1.165) is 12.1 Å². The number of fused-ring (bicyclic) bond motifs is 1. The smallest absolute Gasteiger partial charge is 0.264 e. The fourth-order valence-electron chi connectivity index (χ4n) is 2.98. The first-order chi connectivity index (χ1) is 11.4. The molecule has 3 rings (SSSR count). The van der Waals surface area contributed by atoms with Crippen LogP contribution in [0.1, 0.15) is 29.3 Å². The van der Waals surface area contributed by atoms with E-state index >= 15 is 0 Å².